The Bertz CT molecular complexity index is 1260. The number of aromatic nitrogens is 4. The lowest BCUT2D eigenvalue weighted by atomic mass is 10.1. The van der Waals surface area contributed by atoms with Crippen molar-refractivity contribution in [3.05, 3.63) is 88.7 Å². The molecule has 0 saturated carbocycles. The lowest BCUT2D eigenvalue weighted by molar-refractivity contribution is -0.115. The molecule has 170 valence electrons. The maximum absolute atomic E-state index is 12.9. The number of amides is 1. The van der Waals surface area contributed by atoms with Crippen LogP contribution in [0.3, 0.4) is 0 Å². The van der Waals surface area contributed by atoms with Crippen LogP contribution in [0, 0.1) is 20.8 Å². The molecular formula is C25H26ClN5O2. The zero-order chi connectivity index (χ0) is 23.4. The first-order valence-corrected chi connectivity index (χ1v) is 11.1. The van der Waals surface area contributed by atoms with Gasteiger partial charge in [0.1, 0.15) is 12.4 Å². The number of imidazole rings is 1. The summed E-state index contributed by atoms with van der Waals surface area (Å²) in [6, 6.07) is 13.3. The van der Waals surface area contributed by atoms with E-state index >= 15 is 0 Å². The number of aryl methyl sites for hydroxylation is 2. The smallest absolute Gasteiger partial charge is 0.229 e. The van der Waals surface area contributed by atoms with Crippen LogP contribution >= 0.6 is 11.6 Å². The van der Waals surface area contributed by atoms with Crippen molar-refractivity contribution in [3.63, 3.8) is 0 Å². The van der Waals surface area contributed by atoms with Crippen molar-refractivity contribution < 1.29 is 9.53 Å². The van der Waals surface area contributed by atoms with E-state index in [0.29, 0.717) is 29.6 Å². The Balaban J connectivity index is 1.45. The minimum atomic E-state index is -0.131. The highest BCUT2D eigenvalue weighted by atomic mass is 35.5. The molecule has 0 aliphatic heterocycles. The molecule has 33 heavy (non-hydrogen) atoms. The fourth-order valence-corrected chi connectivity index (χ4v) is 3.80. The number of anilines is 1. The molecule has 4 aromatic rings. The Hall–Kier alpha value is -3.58. The molecule has 0 aliphatic rings. The highest BCUT2D eigenvalue weighted by Gasteiger charge is 2.17. The molecule has 0 unspecified atom stereocenters. The number of carbonyl (C=O) groups excluding carboxylic acids is 1. The predicted molar refractivity (Wildman–Crippen MR) is 129 cm³/mol. The van der Waals surface area contributed by atoms with Gasteiger partial charge in [0.2, 0.25) is 5.91 Å². The summed E-state index contributed by atoms with van der Waals surface area (Å²) >= 11 is 6.30. The third-order valence-corrected chi connectivity index (χ3v) is 5.91. The lowest BCUT2D eigenvalue weighted by Crippen LogP contribution is -2.16. The standard InChI is InChI=1S/C25H26ClN5O2/c1-17-8-9-20(14-22(17)26)31-19(3)21(18(2)29-31)15-25(32)28-23-6-4-5-7-24(23)33-13-12-30-11-10-27-16-30/h4-11,14,16H,12-13,15H2,1-3H3,(H,28,32). The van der Waals surface area contributed by atoms with Crippen molar-refractivity contribution in [2.45, 2.75) is 33.7 Å². The van der Waals surface area contributed by atoms with Crippen LogP contribution in [0.2, 0.25) is 5.02 Å². The van der Waals surface area contributed by atoms with Crippen LogP contribution in [-0.2, 0) is 17.8 Å². The number of nitrogens with one attached hydrogen (secondary N) is 1. The quantitative estimate of drug-likeness (QED) is 0.403. The second-order valence-corrected chi connectivity index (χ2v) is 8.27. The van der Waals surface area contributed by atoms with Crippen molar-refractivity contribution in [1.82, 2.24) is 19.3 Å². The molecule has 0 saturated heterocycles. The Morgan fingerprint density at radius 2 is 1.97 bits per heavy atom. The van der Waals surface area contributed by atoms with Crippen LogP contribution in [0.25, 0.3) is 5.69 Å². The SMILES string of the molecule is Cc1ccc(-n2nc(C)c(CC(=O)Nc3ccccc3OCCn3ccnc3)c2C)cc1Cl. The van der Waals surface area contributed by atoms with Gasteiger partial charge in [0.15, 0.2) is 0 Å². The van der Waals surface area contributed by atoms with Crippen LogP contribution < -0.4 is 10.1 Å². The largest absolute Gasteiger partial charge is 0.490 e. The first-order valence-electron chi connectivity index (χ1n) is 10.7. The molecule has 1 N–H and O–H groups in total. The van der Waals surface area contributed by atoms with Crippen LogP contribution in [0.5, 0.6) is 5.75 Å². The number of nitrogens with zero attached hydrogens (tertiary/aromatic N) is 4. The van der Waals surface area contributed by atoms with Gasteiger partial charge in [-0.05, 0) is 50.6 Å². The van der Waals surface area contributed by atoms with Crippen LogP contribution in [-0.4, -0.2) is 31.8 Å². The van der Waals surface area contributed by atoms with E-state index < -0.39 is 0 Å². The summed E-state index contributed by atoms with van der Waals surface area (Å²) in [5, 5.41) is 8.31. The number of ether oxygens (including phenoxy) is 1. The summed E-state index contributed by atoms with van der Waals surface area (Å²) in [7, 11) is 0. The average molecular weight is 464 g/mol. The number of para-hydroxylation sites is 2. The monoisotopic (exact) mass is 463 g/mol. The summed E-state index contributed by atoms with van der Waals surface area (Å²) in [6.45, 7) is 6.97. The number of benzene rings is 2. The first kappa shape index (κ1) is 22.6. The third kappa shape index (κ3) is 5.26. The van der Waals surface area contributed by atoms with Crippen LogP contribution in [0.1, 0.15) is 22.5 Å². The third-order valence-electron chi connectivity index (χ3n) is 5.51. The summed E-state index contributed by atoms with van der Waals surface area (Å²) in [6.07, 6.45) is 5.56. The first-order chi connectivity index (χ1) is 15.9. The lowest BCUT2D eigenvalue weighted by Gasteiger charge is -2.13. The van der Waals surface area contributed by atoms with Crippen molar-refractivity contribution in [1.29, 1.82) is 0 Å². The molecule has 2 heterocycles. The fraction of sp³-hybridized carbons (Fsp3) is 0.240. The highest BCUT2D eigenvalue weighted by molar-refractivity contribution is 6.31. The molecule has 0 fully saturated rings. The van der Waals surface area contributed by atoms with Crippen molar-refractivity contribution in [3.8, 4) is 11.4 Å². The van der Waals surface area contributed by atoms with Gasteiger partial charge >= 0.3 is 0 Å². The van der Waals surface area contributed by atoms with E-state index in [2.05, 4.69) is 15.4 Å². The molecule has 8 heteroatoms. The van der Waals surface area contributed by atoms with E-state index in [1.54, 1.807) is 12.5 Å². The van der Waals surface area contributed by atoms with E-state index in [1.807, 2.05) is 78.7 Å². The Kier molecular flexibility index (Phi) is 6.79. The maximum Gasteiger partial charge on any atom is 0.229 e. The second kappa shape index (κ2) is 9.92. The normalized spacial score (nSPS) is 10.9. The van der Waals surface area contributed by atoms with Gasteiger partial charge in [-0.2, -0.15) is 5.10 Å². The summed E-state index contributed by atoms with van der Waals surface area (Å²) < 4.78 is 9.67. The van der Waals surface area contributed by atoms with Crippen molar-refractivity contribution >= 4 is 23.2 Å². The number of hydrogen-bond donors (Lipinski definition) is 1. The highest BCUT2D eigenvalue weighted by Crippen LogP contribution is 2.26. The summed E-state index contributed by atoms with van der Waals surface area (Å²) in [5.74, 6) is 0.498. The topological polar surface area (TPSA) is 74.0 Å². The molecule has 1 amide bonds. The Labute approximate surface area is 198 Å². The van der Waals surface area contributed by atoms with Crippen molar-refractivity contribution in [2.24, 2.45) is 0 Å². The van der Waals surface area contributed by atoms with Gasteiger partial charge in [0.05, 0.1) is 36.4 Å². The van der Waals surface area contributed by atoms with E-state index in [0.717, 1.165) is 28.2 Å². The van der Waals surface area contributed by atoms with E-state index in [1.165, 1.54) is 0 Å². The Morgan fingerprint density at radius 1 is 1.15 bits per heavy atom. The van der Waals surface area contributed by atoms with Gasteiger partial charge < -0.3 is 14.6 Å². The number of rotatable bonds is 8. The average Bonchev–Trinajstić information content (AvgIpc) is 3.41. The molecular weight excluding hydrogens is 438 g/mol. The van der Waals surface area contributed by atoms with Crippen LogP contribution in [0.4, 0.5) is 5.69 Å². The van der Waals surface area contributed by atoms with Gasteiger partial charge in [-0.15, -0.1) is 0 Å². The summed E-state index contributed by atoms with van der Waals surface area (Å²) in [5.41, 5.74) is 5.13. The second-order valence-electron chi connectivity index (χ2n) is 7.86. The number of halogens is 1. The number of hydrogen-bond acceptors (Lipinski definition) is 4. The molecule has 0 radical (unpaired) electrons. The van der Waals surface area contributed by atoms with Crippen LogP contribution in [0.15, 0.2) is 61.2 Å². The van der Waals surface area contributed by atoms with Crippen molar-refractivity contribution in [2.75, 3.05) is 11.9 Å². The molecule has 4 rings (SSSR count). The van der Waals surface area contributed by atoms with E-state index in [4.69, 9.17) is 16.3 Å². The molecule has 0 spiro atoms. The molecule has 0 aliphatic carbocycles. The summed E-state index contributed by atoms with van der Waals surface area (Å²) in [4.78, 5) is 16.9. The van der Waals surface area contributed by atoms with Gasteiger partial charge in [-0.1, -0.05) is 29.8 Å². The van der Waals surface area contributed by atoms with Gasteiger partial charge in [0, 0.05) is 28.7 Å². The van der Waals surface area contributed by atoms with E-state index in [9.17, 15) is 4.79 Å². The fourth-order valence-electron chi connectivity index (χ4n) is 3.63. The zero-order valence-electron chi connectivity index (χ0n) is 18.9. The van der Waals surface area contributed by atoms with E-state index in [-0.39, 0.29) is 12.3 Å². The minimum Gasteiger partial charge on any atom is -0.490 e. The molecule has 0 bridgehead atoms. The zero-order valence-corrected chi connectivity index (χ0v) is 19.6. The molecule has 2 aromatic heterocycles. The number of carbonyl (C=O) groups is 1. The van der Waals surface area contributed by atoms with Gasteiger partial charge in [-0.3, -0.25) is 4.79 Å². The van der Waals surface area contributed by atoms with Gasteiger partial charge in [-0.25, -0.2) is 9.67 Å². The molecule has 0 atom stereocenters. The Morgan fingerprint density at radius 3 is 2.73 bits per heavy atom. The maximum atomic E-state index is 12.9. The minimum absolute atomic E-state index is 0.131. The van der Waals surface area contributed by atoms with Gasteiger partial charge in [0.25, 0.3) is 0 Å². The molecule has 2 aromatic carbocycles. The predicted octanol–water partition coefficient (Wildman–Crippen LogP) is 4.91. The molecule has 7 nitrogen and oxygen atoms in total.